The lowest BCUT2D eigenvalue weighted by molar-refractivity contribution is 0.0956. The summed E-state index contributed by atoms with van der Waals surface area (Å²) in [6, 6.07) is 13.8. The summed E-state index contributed by atoms with van der Waals surface area (Å²) >= 11 is 0. The van der Waals surface area contributed by atoms with Crippen LogP contribution in [-0.4, -0.2) is 30.1 Å². The average molecular weight is 352 g/mol. The molecule has 1 saturated heterocycles. The molecule has 1 unspecified atom stereocenters. The summed E-state index contributed by atoms with van der Waals surface area (Å²) in [5, 5.41) is 16.6. The summed E-state index contributed by atoms with van der Waals surface area (Å²) in [5.74, 6) is 0.166. The van der Waals surface area contributed by atoms with Crippen molar-refractivity contribution in [2.75, 3.05) is 13.1 Å². The number of carbonyl (C=O) groups is 1. The SMILES string of the molecule is CCNC(=O)c1ccccc1-c1cc(O)cc(CCC2CCCCN2)c1. The monoisotopic (exact) mass is 352 g/mol. The van der Waals surface area contributed by atoms with Crippen molar-refractivity contribution in [2.45, 2.75) is 45.1 Å². The molecule has 1 atom stereocenters. The second-order valence-corrected chi connectivity index (χ2v) is 6.98. The average Bonchev–Trinajstić information content (AvgIpc) is 2.67. The second kappa shape index (κ2) is 8.86. The van der Waals surface area contributed by atoms with Crippen LogP contribution in [0.2, 0.25) is 0 Å². The number of aryl methyl sites for hydroxylation is 1. The maximum Gasteiger partial charge on any atom is 0.251 e. The van der Waals surface area contributed by atoms with Crippen molar-refractivity contribution in [3.63, 3.8) is 0 Å². The molecule has 1 aliphatic heterocycles. The molecular weight excluding hydrogens is 324 g/mol. The zero-order valence-electron chi connectivity index (χ0n) is 15.4. The Morgan fingerprint density at radius 2 is 2.08 bits per heavy atom. The van der Waals surface area contributed by atoms with E-state index >= 15 is 0 Å². The van der Waals surface area contributed by atoms with E-state index in [-0.39, 0.29) is 11.7 Å². The van der Waals surface area contributed by atoms with Gasteiger partial charge in [-0.05, 0) is 74.0 Å². The highest BCUT2D eigenvalue weighted by atomic mass is 16.3. The Morgan fingerprint density at radius 1 is 1.23 bits per heavy atom. The van der Waals surface area contributed by atoms with E-state index in [1.54, 1.807) is 6.07 Å². The fraction of sp³-hybridized carbons (Fsp3) is 0.409. The van der Waals surface area contributed by atoms with Gasteiger partial charge in [0.25, 0.3) is 5.91 Å². The van der Waals surface area contributed by atoms with E-state index in [0.29, 0.717) is 18.2 Å². The van der Waals surface area contributed by atoms with E-state index in [2.05, 4.69) is 16.7 Å². The molecule has 0 spiro atoms. The molecule has 1 aliphatic rings. The molecule has 1 fully saturated rings. The summed E-state index contributed by atoms with van der Waals surface area (Å²) in [7, 11) is 0. The van der Waals surface area contributed by atoms with Gasteiger partial charge >= 0.3 is 0 Å². The lowest BCUT2D eigenvalue weighted by Gasteiger charge is -2.23. The lowest BCUT2D eigenvalue weighted by Crippen LogP contribution is -2.34. The number of hydrogen-bond donors (Lipinski definition) is 3. The molecule has 0 bridgehead atoms. The number of phenols is 1. The molecule has 4 heteroatoms. The lowest BCUT2D eigenvalue weighted by atomic mass is 9.94. The number of piperidine rings is 1. The molecule has 2 aromatic rings. The molecule has 0 aromatic heterocycles. The first kappa shape index (κ1) is 18.5. The van der Waals surface area contributed by atoms with Gasteiger partial charge in [0.05, 0.1) is 0 Å². The summed E-state index contributed by atoms with van der Waals surface area (Å²) in [6.45, 7) is 3.61. The molecule has 3 rings (SSSR count). The molecular formula is C22H28N2O2. The van der Waals surface area contributed by atoms with Crippen molar-refractivity contribution >= 4 is 5.91 Å². The van der Waals surface area contributed by atoms with Gasteiger partial charge in [-0.1, -0.05) is 30.7 Å². The maximum atomic E-state index is 12.4. The minimum atomic E-state index is -0.0839. The number of hydrogen-bond acceptors (Lipinski definition) is 3. The number of amides is 1. The predicted molar refractivity (Wildman–Crippen MR) is 106 cm³/mol. The molecule has 26 heavy (non-hydrogen) atoms. The highest BCUT2D eigenvalue weighted by Gasteiger charge is 2.15. The second-order valence-electron chi connectivity index (χ2n) is 6.98. The summed E-state index contributed by atoms with van der Waals surface area (Å²) in [4.78, 5) is 12.4. The molecule has 1 amide bonds. The number of aromatic hydroxyl groups is 1. The van der Waals surface area contributed by atoms with E-state index in [1.807, 2.05) is 37.3 Å². The van der Waals surface area contributed by atoms with Crippen molar-refractivity contribution in [1.82, 2.24) is 10.6 Å². The van der Waals surface area contributed by atoms with Crippen molar-refractivity contribution < 1.29 is 9.90 Å². The van der Waals surface area contributed by atoms with Crippen LogP contribution in [-0.2, 0) is 6.42 Å². The number of rotatable bonds is 6. The Bertz CT molecular complexity index is 752. The van der Waals surface area contributed by atoms with Gasteiger partial charge in [0.15, 0.2) is 0 Å². The van der Waals surface area contributed by atoms with Gasteiger partial charge in [0.2, 0.25) is 0 Å². The number of carbonyl (C=O) groups excluding carboxylic acids is 1. The highest BCUT2D eigenvalue weighted by Crippen LogP contribution is 2.29. The largest absolute Gasteiger partial charge is 0.508 e. The van der Waals surface area contributed by atoms with E-state index in [9.17, 15) is 9.90 Å². The van der Waals surface area contributed by atoms with E-state index < -0.39 is 0 Å². The molecule has 0 aliphatic carbocycles. The summed E-state index contributed by atoms with van der Waals surface area (Å²) < 4.78 is 0. The zero-order valence-corrected chi connectivity index (χ0v) is 15.4. The van der Waals surface area contributed by atoms with Crippen molar-refractivity contribution in [3.05, 3.63) is 53.6 Å². The molecule has 2 aromatic carbocycles. The third kappa shape index (κ3) is 4.64. The standard InChI is InChI=1S/C22H28N2O2/c1-2-23-22(26)21-9-4-3-8-20(21)17-13-16(14-19(25)15-17)10-11-18-7-5-6-12-24-18/h3-4,8-9,13-15,18,24-25H,2,5-7,10-12H2,1H3,(H,23,26). The first-order valence-electron chi connectivity index (χ1n) is 9.61. The van der Waals surface area contributed by atoms with Crippen LogP contribution in [0.15, 0.2) is 42.5 Å². The van der Waals surface area contributed by atoms with Gasteiger partial charge in [-0.25, -0.2) is 0 Å². The van der Waals surface area contributed by atoms with E-state index in [0.717, 1.165) is 36.1 Å². The van der Waals surface area contributed by atoms with Crippen LogP contribution in [0.4, 0.5) is 0 Å². The third-order valence-corrected chi connectivity index (χ3v) is 4.99. The normalized spacial score (nSPS) is 17.0. The Morgan fingerprint density at radius 3 is 2.85 bits per heavy atom. The van der Waals surface area contributed by atoms with Gasteiger partial charge in [-0.2, -0.15) is 0 Å². The van der Waals surface area contributed by atoms with E-state index in [1.165, 1.54) is 19.3 Å². The molecule has 4 nitrogen and oxygen atoms in total. The van der Waals surface area contributed by atoms with Crippen molar-refractivity contribution in [3.8, 4) is 16.9 Å². The highest BCUT2D eigenvalue weighted by molar-refractivity contribution is 6.01. The van der Waals surface area contributed by atoms with Gasteiger partial charge in [0.1, 0.15) is 5.75 Å². The summed E-state index contributed by atoms with van der Waals surface area (Å²) in [5.41, 5.74) is 3.49. The molecule has 0 saturated carbocycles. The first-order chi connectivity index (χ1) is 12.7. The fourth-order valence-electron chi connectivity index (χ4n) is 3.67. The zero-order chi connectivity index (χ0) is 18.4. The van der Waals surface area contributed by atoms with Gasteiger partial charge in [-0.15, -0.1) is 0 Å². The maximum absolute atomic E-state index is 12.4. The number of phenolic OH excluding ortho intramolecular Hbond substituents is 1. The third-order valence-electron chi connectivity index (χ3n) is 4.99. The molecule has 0 radical (unpaired) electrons. The fourth-order valence-corrected chi connectivity index (χ4v) is 3.67. The minimum Gasteiger partial charge on any atom is -0.508 e. The first-order valence-corrected chi connectivity index (χ1v) is 9.61. The smallest absolute Gasteiger partial charge is 0.251 e. The van der Waals surface area contributed by atoms with Gasteiger partial charge in [-0.3, -0.25) is 4.79 Å². The topological polar surface area (TPSA) is 61.4 Å². The van der Waals surface area contributed by atoms with Crippen molar-refractivity contribution in [1.29, 1.82) is 0 Å². The molecule has 3 N–H and O–H groups in total. The molecule has 1 heterocycles. The van der Waals surface area contributed by atoms with Gasteiger partial charge in [0, 0.05) is 18.2 Å². The van der Waals surface area contributed by atoms with Crippen molar-refractivity contribution in [2.24, 2.45) is 0 Å². The van der Waals surface area contributed by atoms with Crippen LogP contribution in [0.5, 0.6) is 5.75 Å². The summed E-state index contributed by atoms with van der Waals surface area (Å²) in [6.07, 6.45) is 5.78. The molecule has 138 valence electrons. The van der Waals surface area contributed by atoms with Crippen LogP contribution in [0.3, 0.4) is 0 Å². The van der Waals surface area contributed by atoms with Crippen LogP contribution in [0, 0.1) is 0 Å². The Balaban J connectivity index is 1.82. The Labute approximate surface area is 155 Å². The van der Waals surface area contributed by atoms with E-state index in [4.69, 9.17) is 0 Å². The minimum absolute atomic E-state index is 0.0839. The van der Waals surface area contributed by atoms with Crippen LogP contribution in [0.1, 0.15) is 48.5 Å². The number of benzene rings is 2. The quantitative estimate of drug-likeness (QED) is 0.739. The Hall–Kier alpha value is -2.33. The predicted octanol–water partition coefficient (Wildman–Crippen LogP) is 3.88. The Kier molecular flexibility index (Phi) is 6.29. The van der Waals surface area contributed by atoms with Gasteiger partial charge < -0.3 is 15.7 Å². The van der Waals surface area contributed by atoms with Crippen LogP contribution in [0.25, 0.3) is 11.1 Å². The van der Waals surface area contributed by atoms with Crippen LogP contribution < -0.4 is 10.6 Å². The number of nitrogens with one attached hydrogen (secondary N) is 2. The van der Waals surface area contributed by atoms with Crippen LogP contribution >= 0.6 is 0 Å².